The summed E-state index contributed by atoms with van der Waals surface area (Å²) in [4.78, 5) is 22.0. The number of carboxylic acid groups (broad SMARTS) is 1. The van der Waals surface area contributed by atoms with Crippen molar-refractivity contribution in [2.45, 2.75) is 44.9 Å². The Kier molecular flexibility index (Phi) is 8.51. The van der Waals surface area contributed by atoms with E-state index in [0.717, 1.165) is 24.8 Å². The largest absolute Gasteiger partial charge is 0.481 e. The van der Waals surface area contributed by atoms with Gasteiger partial charge in [0.1, 0.15) is 0 Å². The Morgan fingerprint density at radius 2 is 1.67 bits per heavy atom. The first-order valence-electron chi connectivity index (χ1n) is 7.31. The fraction of sp³-hybridized carbons (Fsp3) is 0.500. The van der Waals surface area contributed by atoms with E-state index in [0.29, 0.717) is 30.8 Å². The highest BCUT2D eigenvalue weighted by molar-refractivity contribution is 6.30. The van der Waals surface area contributed by atoms with E-state index >= 15 is 0 Å². The molecule has 1 rings (SSSR count). The summed E-state index contributed by atoms with van der Waals surface area (Å²) in [5, 5.41) is 12.1. The molecule has 1 aromatic rings. The lowest BCUT2D eigenvalue weighted by Gasteiger charge is -2.05. The Balaban J connectivity index is 2.01. The lowest BCUT2D eigenvalue weighted by Crippen LogP contribution is -2.24. The number of aryl methyl sites for hydroxylation is 1. The molecule has 0 aliphatic heterocycles. The number of carbonyl (C=O) groups excluding carboxylic acids is 1. The highest BCUT2D eigenvalue weighted by atomic mass is 35.5. The van der Waals surface area contributed by atoms with Gasteiger partial charge in [0.15, 0.2) is 0 Å². The van der Waals surface area contributed by atoms with E-state index in [4.69, 9.17) is 16.7 Å². The van der Waals surface area contributed by atoms with E-state index in [1.54, 1.807) is 0 Å². The quantitative estimate of drug-likeness (QED) is 0.651. The second-order valence-electron chi connectivity index (χ2n) is 5.03. The molecule has 0 unspecified atom stereocenters. The minimum absolute atomic E-state index is 0.0514. The zero-order valence-electron chi connectivity index (χ0n) is 12.1. The van der Waals surface area contributed by atoms with Crippen molar-refractivity contribution >= 4 is 23.5 Å². The van der Waals surface area contributed by atoms with Gasteiger partial charge in [0, 0.05) is 24.4 Å². The Labute approximate surface area is 130 Å². The topological polar surface area (TPSA) is 66.4 Å². The Morgan fingerprint density at radius 3 is 2.33 bits per heavy atom. The second-order valence-corrected chi connectivity index (χ2v) is 5.47. The first kappa shape index (κ1) is 17.5. The lowest BCUT2D eigenvalue weighted by atomic mass is 10.1. The normalized spacial score (nSPS) is 10.3. The van der Waals surface area contributed by atoms with Crippen LogP contribution in [0, 0.1) is 0 Å². The summed E-state index contributed by atoms with van der Waals surface area (Å²) in [6.45, 7) is 0.659. The summed E-state index contributed by atoms with van der Waals surface area (Å²) in [5.74, 6) is -0.694. The average Bonchev–Trinajstić information content (AvgIpc) is 2.45. The van der Waals surface area contributed by atoms with Crippen molar-refractivity contribution in [3.63, 3.8) is 0 Å². The third kappa shape index (κ3) is 9.08. The second kappa shape index (κ2) is 10.2. The van der Waals surface area contributed by atoms with Crippen molar-refractivity contribution in [2.24, 2.45) is 0 Å². The Bertz CT molecular complexity index is 445. The third-order valence-corrected chi connectivity index (χ3v) is 3.45. The van der Waals surface area contributed by atoms with Gasteiger partial charge in [-0.2, -0.15) is 0 Å². The highest BCUT2D eigenvalue weighted by Gasteiger charge is 2.02. The number of nitrogens with one attached hydrogen (secondary N) is 1. The maximum atomic E-state index is 11.6. The number of carboxylic acids is 1. The number of hydrogen-bond acceptors (Lipinski definition) is 2. The van der Waals surface area contributed by atoms with E-state index in [9.17, 15) is 9.59 Å². The van der Waals surface area contributed by atoms with Gasteiger partial charge in [0.05, 0.1) is 0 Å². The summed E-state index contributed by atoms with van der Waals surface area (Å²) in [7, 11) is 0. The van der Waals surface area contributed by atoms with Crippen LogP contribution >= 0.6 is 11.6 Å². The van der Waals surface area contributed by atoms with E-state index in [-0.39, 0.29) is 12.3 Å². The molecule has 0 spiro atoms. The van der Waals surface area contributed by atoms with Crippen molar-refractivity contribution in [3.05, 3.63) is 34.9 Å². The van der Waals surface area contributed by atoms with Gasteiger partial charge in [-0.15, -0.1) is 0 Å². The van der Waals surface area contributed by atoms with Gasteiger partial charge in [0.2, 0.25) is 5.91 Å². The average molecular weight is 312 g/mol. The molecule has 1 aromatic carbocycles. The maximum absolute atomic E-state index is 11.6. The predicted octanol–water partition coefficient (Wildman–Crippen LogP) is 3.42. The molecule has 0 saturated carbocycles. The number of rotatable bonds is 10. The molecule has 0 heterocycles. The van der Waals surface area contributed by atoms with E-state index in [2.05, 4.69) is 5.32 Å². The third-order valence-electron chi connectivity index (χ3n) is 3.19. The van der Waals surface area contributed by atoms with Crippen LogP contribution in [0.2, 0.25) is 5.02 Å². The van der Waals surface area contributed by atoms with Gasteiger partial charge < -0.3 is 10.4 Å². The zero-order chi connectivity index (χ0) is 15.5. The zero-order valence-corrected chi connectivity index (χ0v) is 12.9. The summed E-state index contributed by atoms with van der Waals surface area (Å²) >= 11 is 5.80. The Morgan fingerprint density at radius 1 is 1.00 bits per heavy atom. The molecule has 0 aliphatic carbocycles. The van der Waals surface area contributed by atoms with Crippen LogP contribution in [0.3, 0.4) is 0 Å². The van der Waals surface area contributed by atoms with Crippen LogP contribution in [0.4, 0.5) is 0 Å². The number of unbranched alkanes of at least 4 members (excludes halogenated alkanes) is 3. The standard InChI is InChI=1S/C16H22ClNO3/c17-14-9-6-13(7-10-14)8-11-15(19)18-12-4-2-1-3-5-16(20)21/h6-7,9-10H,1-5,8,11-12H2,(H,18,19)(H,20,21). The van der Waals surface area contributed by atoms with Gasteiger partial charge in [-0.3, -0.25) is 9.59 Å². The molecule has 0 aromatic heterocycles. The van der Waals surface area contributed by atoms with Crippen LogP contribution < -0.4 is 5.32 Å². The highest BCUT2D eigenvalue weighted by Crippen LogP contribution is 2.10. The summed E-state index contributed by atoms with van der Waals surface area (Å²) in [6.07, 6.45) is 4.86. The predicted molar refractivity (Wildman–Crippen MR) is 83.5 cm³/mol. The fourth-order valence-corrected chi connectivity index (χ4v) is 2.11. The minimum Gasteiger partial charge on any atom is -0.481 e. The van der Waals surface area contributed by atoms with Gasteiger partial charge >= 0.3 is 5.97 Å². The maximum Gasteiger partial charge on any atom is 0.303 e. The van der Waals surface area contributed by atoms with Crippen LogP contribution in [-0.4, -0.2) is 23.5 Å². The molecule has 0 radical (unpaired) electrons. The molecule has 0 aliphatic rings. The van der Waals surface area contributed by atoms with Crippen LogP contribution in [0.1, 0.15) is 44.1 Å². The smallest absolute Gasteiger partial charge is 0.303 e. The monoisotopic (exact) mass is 311 g/mol. The SMILES string of the molecule is O=C(O)CCCCCCNC(=O)CCc1ccc(Cl)cc1. The van der Waals surface area contributed by atoms with Crippen LogP contribution in [0.5, 0.6) is 0 Å². The molecule has 5 heteroatoms. The summed E-state index contributed by atoms with van der Waals surface area (Å²) < 4.78 is 0. The van der Waals surface area contributed by atoms with Crippen molar-refractivity contribution in [1.29, 1.82) is 0 Å². The van der Waals surface area contributed by atoms with Crippen molar-refractivity contribution in [1.82, 2.24) is 5.32 Å². The molecule has 0 fully saturated rings. The molecule has 116 valence electrons. The van der Waals surface area contributed by atoms with Crippen LogP contribution in [-0.2, 0) is 16.0 Å². The van der Waals surface area contributed by atoms with E-state index < -0.39 is 5.97 Å². The number of carbonyl (C=O) groups is 2. The van der Waals surface area contributed by atoms with Gasteiger partial charge in [-0.1, -0.05) is 36.6 Å². The van der Waals surface area contributed by atoms with E-state index in [1.807, 2.05) is 24.3 Å². The molecule has 21 heavy (non-hydrogen) atoms. The van der Waals surface area contributed by atoms with Crippen molar-refractivity contribution in [2.75, 3.05) is 6.54 Å². The van der Waals surface area contributed by atoms with Gasteiger partial charge in [0.25, 0.3) is 0 Å². The number of halogens is 1. The fourth-order valence-electron chi connectivity index (χ4n) is 1.98. The lowest BCUT2D eigenvalue weighted by molar-refractivity contribution is -0.137. The molecule has 0 saturated heterocycles. The molecule has 0 bridgehead atoms. The van der Waals surface area contributed by atoms with E-state index in [1.165, 1.54) is 0 Å². The molecule has 4 nitrogen and oxygen atoms in total. The first-order valence-corrected chi connectivity index (χ1v) is 7.68. The molecule has 2 N–H and O–H groups in total. The number of benzene rings is 1. The van der Waals surface area contributed by atoms with Crippen molar-refractivity contribution in [3.8, 4) is 0 Å². The minimum atomic E-state index is -0.745. The number of amides is 1. The number of hydrogen-bond donors (Lipinski definition) is 2. The number of aliphatic carboxylic acids is 1. The van der Waals surface area contributed by atoms with Gasteiger partial charge in [-0.25, -0.2) is 0 Å². The molecular formula is C16H22ClNO3. The summed E-state index contributed by atoms with van der Waals surface area (Å²) in [6, 6.07) is 7.51. The van der Waals surface area contributed by atoms with Crippen molar-refractivity contribution < 1.29 is 14.7 Å². The molecular weight excluding hydrogens is 290 g/mol. The first-order chi connectivity index (χ1) is 10.1. The van der Waals surface area contributed by atoms with Crippen LogP contribution in [0.15, 0.2) is 24.3 Å². The van der Waals surface area contributed by atoms with Gasteiger partial charge in [-0.05, 0) is 37.0 Å². The summed E-state index contributed by atoms with van der Waals surface area (Å²) in [5.41, 5.74) is 1.10. The molecule has 1 amide bonds. The van der Waals surface area contributed by atoms with Crippen LogP contribution in [0.25, 0.3) is 0 Å². The molecule has 0 atom stereocenters. The Hall–Kier alpha value is -1.55.